The van der Waals surface area contributed by atoms with Crippen molar-refractivity contribution < 1.29 is 18.3 Å². The maximum atomic E-state index is 10.9. The lowest BCUT2D eigenvalue weighted by molar-refractivity contribution is 0.0702. The summed E-state index contributed by atoms with van der Waals surface area (Å²) in [6.07, 6.45) is 1.21. The van der Waals surface area contributed by atoms with Gasteiger partial charge in [0, 0.05) is 22.6 Å². The van der Waals surface area contributed by atoms with E-state index >= 15 is 0 Å². The van der Waals surface area contributed by atoms with Crippen molar-refractivity contribution in [2.45, 2.75) is 12.7 Å². The smallest absolute Gasteiger partial charge is 0.345 e. The third-order valence-corrected chi connectivity index (χ3v) is 5.38. The maximum Gasteiger partial charge on any atom is 0.345 e. The molecule has 96 valence electrons. The number of rotatable bonds is 6. The van der Waals surface area contributed by atoms with Gasteiger partial charge in [0.1, 0.15) is 14.7 Å². The Kier molecular flexibility index (Phi) is 5.03. The highest BCUT2D eigenvalue weighted by atomic mass is 32.2. The summed E-state index contributed by atoms with van der Waals surface area (Å²) in [6.45, 7) is 1.88. The van der Waals surface area contributed by atoms with E-state index in [4.69, 9.17) is 5.11 Å². The van der Waals surface area contributed by atoms with E-state index in [0.29, 0.717) is 16.4 Å². The van der Waals surface area contributed by atoms with Gasteiger partial charge in [0.25, 0.3) is 0 Å². The predicted molar refractivity (Wildman–Crippen MR) is 71.9 cm³/mol. The molecule has 0 bridgehead atoms. The first-order valence-corrected chi connectivity index (χ1v) is 8.91. The first kappa shape index (κ1) is 14.5. The summed E-state index contributed by atoms with van der Waals surface area (Å²) < 4.78 is 21.8. The van der Waals surface area contributed by atoms with Crippen molar-refractivity contribution >= 4 is 38.9 Å². The highest BCUT2D eigenvalue weighted by Crippen LogP contribution is 2.25. The fourth-order valence-corrected chi connectivity index (χ4v) is 4.48. The summed E-state index contributed by atoms with van der Waals surface area (Å²) in [7, 11) is -2.91. The number of carbonyl (C=O) groups is 1. The number of aryl methyl sites for hydroxylation is 1. The fourth-order valence-electron chi connectivity index (χ4n) is 1.16. The van der Waals surface area contributed by atoms with Crippen molar-refractivity contribution in [2.24, 2.45) is 0 Å². The Labute approximate surface area is 109 Å². The molecule has 0 radical (unpaired) electrons. The first-order chi connectivity index (χ1) is 7.79. The summed E-state index contributed by atoms with van der Waals surface area (Å²) >= 11 is 2.76. The van der Waals surface area contributed by atoms with Gasteiger partial charge in [-0.25, -0.2) is 13.2 Å². The number of carboxylic acid groups (broad SMARTS) is 1. The summed E-state index contributed by atoms with van der Waals surface area (Å²) in [5.74, 6) is 0.444. The van der Waals surface area contributed by atoms with E-state index in [2.05, 4.69) is 0 Å². The molecule has 17 heavy (non-hydrogen) atoms. The molecular weight excluding hydrogens is 280 g/mol. The van der Waals surface area contributed by atoms with Crippen LogP contribution in [0.5, 0.6) is 0 Å². The van der Waals surface area contributed by atoms with Gasteiger partial charge >= 0.3 is 5.97 Å². The number of thiophene rings is 1. The van der Waals surface area contributed by atoms with E-state index < -0.39 is 15.8 Å². The van der Waals surface area contributed by atoms with Crippen LogP contribution >= 0.6 is 23.1 Å². The van der Waals surface area contributed by atoms with Crippen LogP contribution in [0.3, 0.4) is 0 Å². The van der Waals surface area contributed by atoms with Crippen molar-refractivity contribution in [3.63, 3.8) is 0 Å². The van der Waals surface area contributed by atoms with Crippen LogP contribution in [0.4, 0.5) is 0 Å². The Balaban J connectivity index is 2.50. The summed E-state index contributed by atoms with van der Waals surface area (Å²) in [5, 5.41) is 8.83. The van der Waals surface area contributed by atoms with Gasteiger partial charge < -0.3 is 5.11 Å². The van der Waals surface area contributed by atoms with Gasteiger partial charge in [-0.3, -0.25) is 0 Å². The largest absolute Gasteiger partial charge is 0.477 e. The van der Waals surface area contributed by atoms with Crippen molar-refractivity contribution in [2.75, 3.05) is 17.8 Å². The number of sulfone groups is 1. The average molecular weight is 294 g/mol. The zero-order valence-corrected chi connectivity index (χ0v) is 12.0. The van der Waals surface area contributed by atoms with Crippen LogP contribution in [0.1, 0.15) is 20.1 Å². The van der Waals surface area contributed by atoms with E-state index in [9.17, 15) is 13.2 Å². The molecular formula is C10H14O4S3. The minimum atomic E-state index is -2.91. The molecule has 0 aliphatic heterocycles. The van der Waals surface area contributed by atoms with Crippen molar-refractivity contribution in [3.05, 3.63) is 21.4 Å². The molecule has 1 heterocycles. The van der Waals surface area contributed by atoms with Gasteiger partial charge in [0.05, 0.1) is 5.75 Å². The minimum absolute atomic E-state index is 0.159. The van der Waals surface area contributed by atoms with Gasteiger partial charge in [-0.15, -0.1) is 11.3 Å². The zero-order valence-electron chi connectivity index (χ0n) is 9.60. The Morgan fingerprint density at radius 1 is 1.53 bits per heavy atom. The van der Waals surface area contributed by atoms with Gasteiger partial charge in [0.15, 0.2) is 0 Å². The summed E-state index contributed by atoms with van der Waals surface area (Å²) in [4.78, 5) is 12.1. The molecule has 4 nitrogen and oxygen atoms in total. The van der Waals surface area contributed by atoms with Gasteiger partial charge in [0.2, 0.25) is 0 Å². The van der Waals surface area contributed by atoms with Gasteiger partial charge in [-0.2, -0.15) is 11.8 Å². The minimum Gasteiger partial charge on any atom is -0.477 e. The zero-order chi connectivity index (χ0) is 13.1. The SMILES string of the molecule is Cc1sc(C(=O)O)cc1CSCCS(C)(=O)=O. The van der Waals surface area contributed by atoms with Crippen molar-refractivity contribution in [3.8, 4) is 0 Å². The summed E-state index contributed by atoms with van der Waals surface area (Å²) in [5.41, 5.74) is 0.978. The summed E-state index contributed by atoms with van der Waals surface area (Å²) in [6, 6.07) is 1.66. The third-order valence-electron chi connectivity index (χ3n) is 2.09. The Hall–Kier alpha value is -0.530. The fraction of sp³-hybridized carbons (Fsp3) is 0.500. The molecule has 0 fully saturated rings. The molecule has 0 amide bonds. The Morgan fingerprint density at radius 3 is 2.65 bits per heavy atom. The highest BCUT2D eigenvalue weighted by Gasteiger charge is 2.11. The maximum absolute atomic E-state index is 10.9. The Bertz CT molecular complexity index is 502. The number of carboxylic acids is 1. The molecule has 1 aromatic rings. The molecule has 0 atom stereocenters. The quantitative estimate of drug-likeness (QED) is 0.813. The van der Waals surface area contributed by atoms with Crippen molar-refractivity contribution in [1.29, 1.82) is 0 Å². The van der Waals surface area contributed by atoms with Crippen LogP contribution < -0.4 is 0 Å². The number of thioether (sulfide) groups is 1. The molecule has 0 aliphatic rings. The molecule has 0 aliphatic carbocycles. The Morgan fingerprint density at radius 2 is 2.18 bits per heavy atom. The second kappa shape index (κ2) is 5.88. The van der Waals surface area contributed by atoms with Crippen LogP contribution in [0, 0.1) is 6.92 Å². The molecule has 0 saturated carbocycles. The standard InChI is InChI=1S/C10H14O4S3/c1-7-8(5-9(16-7)10(11)12)6-15-3-4-17(2,13)14/h5H,3-4,6H2,1-2H3,(H,11,12). The first-order valence-electron chi connectivity index (χ1n) is 4.87. The van der Waals surface area contributed by atoms with Crippen LogP contribution in [0.25, 0.3) is 0 Å². The van der Waals surface area contributed by atoms with Crippen LogP contribution in [0.2, 0.25) is 0 Å². The van der Waals surface area contributed by atoms with Crippen LogP contribution in [-0.4, -0.2) is 37.3 Å². The van der Waals surface area contributed by atoms with E-state index in [1.165, 1.54) is 29.4 Å². The third kappa shape index (κ3) is 5.10. The van der Waals surface area contributed by atoms with Crippen molar-refractivity contribution in [1.82, 2.24) is 0 Å². The molecule has 7 heteroatoms. The van der Waals surface area contributed by atoms with E-state index in [-0.39, 0.29) is 5.75 Å². The normalized spacial score (nSPS) is 11.6. The molecule has 0 saturated heterocycles. The predicted octanol–water partition coefficient (Wildman–Crippen LogP) is 2.03. The molecule has 1 aromatic heterocycles. The topological polar surface area (TPSA) is 71.4 Å². The number of hydrogen-bond donors (Lipinski definition) is 1. The van der Waals surface area contributed by atoms with Crippen LogP contribution in [0.15, 0.2) is 6.07 Å². The molecule has 1 N–H and O–H groups in total. The van der Waals surface area contributed by atoms with Gasteiger partial charge in [-0.05, 0) is 18.6 Å². The second-order valence-corrected chi connectivity index (χ2v) is 8.30. The lowest BCUT2D eigenvalue weighted by Gasteiger charge is -2.00. The number of aromatic carboxylic acids is 1. The second-order valence-electron chi connectivity index (χ2n) is 3.68. The average Bonchev–Trinajstić information content (AvgIpc) is 2.54. The molecule has 0 unspecified atom stereocenters. The highest BCUT2D eigenvalue weighted by molar-refractivity contribution is 7.99. The van der Waals surface area contributed by atoms with E-state index in [1.807, 2.05) is 6.92 Å². The molecule has 0 spiro atoms. The number of hydrogen-bond acceptors (Lipinski definition) is 5. The van der Waals surface area contributed by atoms with Gasteiger partial charge in [-0.1, -0.05) is 0 Å². The lowest BCUT2D eigenvalue weighted by Crippen LogP contribution is -2.05. The van der Waals surface area contributed by atoms with Crippen LogP contribution in [-0.2, 0) is 15.6 Å². The van der Waals surface area contributed by atoms with E-state index in [1.54, 1.807) is 6.07 Å². The molecule has 0 aromatic carbocycles. The molecule has 1 rings (SSSR count). The monoisotopic (exact) mass is 294 g/mol. The van der Waals surface area contributed by atoms with E-state index in [0.717, 1.165) is 10.4 Å². The lowest BCUT2D eigenvalue weighted by atomic mass is 10.3.